The Labute approximate surface area is 155 Å². The van der Waals surface area contributed by atoms with Crippen molar-refractivity contribution in [3.63, 3.8) is 0 Å². The number of nitrogens with zero attached hydrogens (tertiary/aromatic N) is 1. The summed E-state index contributed by atoms with van der Waals surface area (Å²) < 4.78 is 27.2. The number of sulfonamides is 1. The zero-order valence-electron chi connectivity index (χ0n) is 14.8. The van der Waals surface area contributed by atoms with Crippen LogP contribution in [-0.2, 0) is 10.0 Å². The Bertz CT molecular complexity index is 1210. The van der Waals surface area contributed by atoms with Gasteiger partial charge in [0.1, 0.15) is 0 Å². The average molecular weight is 389 g/mol. The maximum absolute atomic E-state index is 13.1. The summed E-state index contributed by atoms with van der Waals surface area (Å²) in [5.74, 6) is 0. The van der Waals surface area contributed by atoms with Gasteiger partial charge in [0.25, 0.3) is 5.56 Å². The normalized spacial score (nSPS) is 13.2. The van der Waals surface area contributed by atoms with Gasteiger partial charge in [0, 0.05) is 7.05 Å². The van der Waals surface area contributed by atoms with Gasteiger partial charge in [-0.1, -0.05) is 24.3 Å². The molecule has 0 bridgehead atoms. The Morgan fingerprint density at radius 1 is 1.11 bits per heavy atom. The molecule has 0 aliphatic heterocycles. The van der Waals surface area contributed by atoms with Crippen LogP contribution >= 0.6 is 0 Å². The molecule has 0 aliphatic carbocycles. The van der Waals surface area contributed by atoms with Crippen LogP contribution in [0.15, 0.2) is 56.9 Å². The fourth-order valence-corrected chi connectivity index (χ4v) is 4.36. The Morgan fingerprint density at radius 2 is 1.81 bits per heavy atom. The summed E-state index contributed by atoms with van der Waals surface area (Å²) >= 11 is 0. The summed E-state index contributed by atoms with van der Waals surface area (Å²) in [5, 5.41) is 9.89. The predicted molar refractivity (Wildman–Crippen MR) is 101 cm³/mol. The van der Waals surface area contributed by atoms with E-state index in [2.05, 4.69) is 9.97 Å². The number of aliphatic hydroxyl groups is 1. The standard InChI is InChI=1S/C18H19N3O5S/c1-11-5-3-4-6-13(11)16(10-22)21(2)27(25,26)12-7-8-15-14(9-12)17(23)20-18(24)19-15/h3-9,16,22H,10H2,1-2H3,(H2,19,20,23,24). The van der Waals surface area contributed by atoms with Gasteiger partial charge in [0.15, 0.2) is 0 Å². The first-order valence-corrected chi connectivity index (χ1v) is 9.60. The smallest absolute Gasteiger partial charge is 0.326 e. The summed E-state index contributed by atoms with van der Waals surface area (Å²) in [7, 11) is -2.63. The van der Waals surface area contributed by atoms with Crippen molar-refractivity contribution in [3.8, 4) is 0 Å². The molecule has 1 unspecified atom stereocenters. The van der Waals surface area contributed by atoms with Crippen LogP contribution in [-0.4, -0.2) is 41.5 Å². The molecule has 9 heteroatoms. The molecule has 3 N–H and O–H groups in total. The van der Waals surface area contributed by atoms with E-state index in [0.717, 1.165) is 9.87 Å². The van der Waals surface area contributed by atoms with E-state index < -0.39 is 33.9 Å². The number of nitrogens with one attached hydrogen (secondary N) is 2. The van der Waals surface area contributed by atoms with Gasteiger partial charge in [0.05, 0.1) is 28.4 Å². The monoisotopic (exact) mass is 389 g/mol. The first kappa shape index (κ1) is 19.0. The average Bonchev–Trinajstić information content (AvgIpc) is 2.63. The van der Waals surface area contributed by atoms with Crippen molar-refractivity contribution in [2.75, 3.05) is 13.7 Å². The van der Waals surface area contributed by atoms with Crippen LogP contribution in [0.4, 0.5) is 0 Å². The molecule has 1 aromatic heterocycles. The highest BCUT2D eigenvalue weighted by atomic mass is 32.2. The number of likely N-dealkylation sites (N-methyl/N-ethyl adjacent to an activating group) is 1. The van der Waals surface area contributed by atoms with Gasteiger partial charge < -0.3 is 10.1 Å². The molecule has 0 aliphatic rings. The molecular weight excluding hydrogens is 370 g/mol. The van der Waals surface area contributed by atoms with Crippen molar-refractivity contribution in [2.45, 2.75) is 17.9 Å². The molecule has 142 valence electrons. The van der Waals surface area contributed by atoms with E-state index in [4.69, 9.17) is 0 Å². The molecule has 0 amide bonds. The zero-order valence-corrected chi connectivity index (χ0v) is 15.6. The molecule has 1 heterocycles. The lowest BCUT2D eigenvalue weighted by molar-refractivity contribution is 0.203. The molecule has 0 spiro atoms. The van der Waals surface area contributed by atoms with Crippen molar-refractivity contribution in [1.29, 1.82) is 0 Å². The predicted octanol–water partition coefficient (Wildman–Crippen LogP) is 0.879. The number of aliphatic hydroxyl groups excluding tert-OH is 1. The number of H-pyrrole nitrogens is 2. The van der Waals surface area contributed by atoms with Gasteiger partial charge in [-0.2, -0.15) is 4.31 Å². The third-order valence-electron chi connectivity index (χ3n) is 4.55. The molecule has 3 rings (SSSR count). The van der Waals surface area contributed by atoms with Crippen molar-refractivity contribution >= 4 is 20.9 Å². The molecule has 8 nitrogen and oxygen atoms in total. The van der Waals surface area contributed by atoms with E-state index in [0.29, 0.717) is 5.56 Å². The maximum atomic E-state index is 13.1. The maximum Gasteiger partial charge on any atom is 0.326 e. The Kier molecular flexibility index (Phi) is 5.01. The van der Waals surface area contributed by atoms with E-state index >= 15 is 0 Å². The second-order valence-electron chi connectivity index (χ2n) is 6.19. The second-order valence-corrected chi connectivity index (χ2v) is 8.19. The number of aryl methyl sites for hydroxylation is 1. The number of benzene rings is 2. The Morgan fingerprint density at radius 3 is 2.48 bits per heavy atom. The first-order chi connectivity index (χ1) is 12.8. The number of aromatic amines is 2. The fraction of sp³-hybridized carbons (Fsp3) is 0.222. The van der Waals surface area contributed by atoms with E-state index in [-0.39, 0.29) is 15.8 Å². The van der Waals surface area contributed by atoms with Crippen molar-refractivity contribution in [2.24, 2.45) is 0 Å². The summed E-state index contributed by atoms with van der Waals surface area (Å²) in [5.41, 5.74) is 0.439. The van der Waals surface area contributed by atoms with E-state index in [9.17, 15) is 23.1 Å². The van der Waals surface area contributed by atoms with Crippen LogP contribution in [0.5, 0.6) is 0 Å². The molecule has 0 saturated heterocycles. The lowest BCUT2D eigenvalue weighted by atomic mass is 10.0. The highest BCUT2D eigenvalue weighted by molar-refractivity contribution is 7.89. The van der Waals surface area contributed by atoms with Crippen molar-refractivity contribution < 1.29 is 13.5 Å². The van der Waals surface area contributed by atoms with Crippen molar-refractivity contribution in [3.05, 3.63) is 74.4 Å². The van der Waals surface area contributed by atoms with Gasteiger partial charge in [-0.05, 0) is 36.2 Å². The summed E-state index contributed by atoms with van der Waals surface area (Å²) in [6.45, 7) is 1.44. The quantitative estimate of drug-likeness (QED) is 0.598. The summed E-state index contributed by atoms with van der Waals surface area (Å²) in [4.78, 5) is 27.7. The number of fused-ring (bicyclic) bond motifs is 1. The zero-order chi connectivity index (χ0) is 19.8. The van der Waals surface area contributed by atoms with Gasteiger partial charge in [-0.15, -0.1) is 0 Å². The molecule has 0 radical (unpaired) electrons. The van der Waals surface area contributed by atoms with Gasteiger partial charge in [-0.3, -0.25) is 9.78 Å². The van der Waals surface area contributed by atoms with Crippen LogP contribution in [0.3, 0.4) is 0 Å². The molecule has 27 heavy (non-hydrogen) atoms. The Balaban J connectivity index is 2.10. The minimum Gasteiger partial charge on any atom is -0.394 e. The molecule has 0 fully saturated rings. The highest BCUT2D eigenvalue weighted by Crippen LogP contribution is 2.28. The van der Waals surface area contributed by atoms with E-state index in [1.807, 2.05) is 19.1 Å². The van der Waals surface area contributed by atoms with Gasteiger partial charge in [-0.25, -0.2) is 13.2 Å². The number of hydrogen-bond acceptors (Lipinski definition) is 5. The highest BCUT2D eigenvalue weighted by Gasteiger charge is 2.29. The number of hydrogen-bond donors (Lipinski definition) is 3. The third kappa shape index (κ3) is 3.44. The van der Waals surface area contributed by atoms with Crippen LogP contribution in [0.2, 0.25) is 0 Å². The fourth-order valence-electron chi connectivity index (χ4n) is 3.01. The van der Waals surface area contributed by atoms with Gasteiger partial charge in [0.2, 0.25) is 10.0 Å². The lowest BCUT2D eigenvalue weighted by Crippen LogP contribution is -2.34. The van der Waals surface area contributed by atoms with E-state index in [1.165, 1.54) is 25.2 Å². The molecule has 0 saturated carbocycles. The molecule has 3 aromatic rings. The second kappa shape index (κ2) is 7.10. The topological polar surface area (TPSA) is 123 Å². The number of aromatic nitrogens is 2. The minimum absolute atomic E-state index is 0.0560. The van der Waals surface area contributed by atoms with Crippen LogP contribution in [0.25, 0.3) is 10.9 Å². The van der Waals surface area contributed by atoms with Gasteiger partial charge >= 0.3 is 5.69 Å². The molecular formula is C18H19N3O5S. The van der Waals surface area contributed by atoms with Crippen LogP contribution in [0.1, 0.15) is 17.2 Å². The first-order valence-electron chi connectivity index (χ1n) is 8.16. The summed E-state index contributed by atoms with van der Waals surface area (Å²) in [6, 6.07) is 10.3. The third-order valence-corrected chi connectivity index (χ3v) is 6.41. The van der Waals surface area contributed by atoms with Crippen LogP contribution in [0, 0.1) is 6.92 Å². The largest absolute Gasteiger partial charge is 0.394 e. The Hall–Kier alpha value is -2.75. The van der Waals surface area contributed by atoms with Crippen LogP contribution < -0.4 is 11.2 Å². The summed E-state index contributed by atoms with van der Waals surface area (Å²) in [6.07, 6.45) is 0. The molecule has 2 aromatic carbocycles. The van der Waals surface area contributed by atoms with E-state index in [1.54, 1.807) is 12.1 Å². The van der Waals surface area contributed by atoms with Crippen molar-refractivity contribution in [1.82, 2.24) is 14.3 Å². The SMILES string of the molecule is Cc1ccccc1C(CO)N(C)S(=O)(=O)c1ccc2[nH]c(=O)[nH]c(=O)c2c1. The number of rotatable bonds is 5. The lowest BCUT2D eigenvalue weighted by Gasteiger charge is -2.27. The minimum atomic E-state index is -4.01. The molecule has 1 atom stereocenters.